The molecule has 134 valence electrons. The van der Waals surface area contributed by atoms with E-state index < -0.39 is 0 Å². The Kier molecular flexibility index (Phi) is 6.89. The van der Waals surface area contributed by atoms with Gasteiger partial charge in [-0.1, -0.05) is 18.2 Å². The minimum absolute atomic E-state index is 0.0366. The summed E-state index contributed by atoms with van der Waals surface area (Å²) in [6.45, 7) is 2.71. The van der Waals surface area contributed by atoms with Crippen LogP contribution in [0.4, 0.5) is 4.39 Å². The number of benzene rings is 1. The highest BCUT2D eigenvalue weighted by Crippen LogP contribution is 2.46. The number of aromatic nitrogens is 1. The molecule has 1 heterocycles. The highest BCUT2D eigenvalue weighted by atomic mass is 19.1. The van der Waals surface area contributed by atoms with Crippen LogP contribution in [0.5, 0.6) is 5.88 Å². The third-order valence-electron chi connectivity index (χ3n) is 3.94. The molecule has 1 fully saturated rings. The van der Waals surface area contributed by atoms with Gasteiger partial charge in [0.15, 0.2) is 0 Å². The number of ether oxygens (including phenoxy) is 1. The van der Waals surface area contributed by atoms with Gasteiger partial charge in [0.1, 0.15) is 5.82 Å². The normalized spacial score (nSPS) is 18.0. The van der Waals surface area contributed by atoms with E-state index >= 15 is 0 Å². The van der Waals surface area contributed by atoms with Gasteiger partial charge in [-0.05, 0) is 48.9 Å². The molecule has 1 unspecified atom stereocenters. The van der Waals surface area contributed by atoms with Crippen molar-refractivity contribution < 1.29 is 19.0 Å². The monoisotopic (exact) mass is 346 g/mol. The van der Waals surface area contributed by atoms with Gasteiger partial charge in [-0.25, -0.2) is 9.37 Å². The van der Waals surface area contributed by atoms with E-state index in [0.717, 1.165) is 17.5 Å². The lowest BCUT2D eigenvalue weighted by Gasteiger charge is -2.01. The molecule has 1 aliphatic rings. The van der Waals surface area contributed by atoms with E-state index in [9.17, 15) is 9.18 Å². The van der Waals surface area contributed by atoms with Crippen molar-refractivity contribution in [2.45, 2.75) is 25.7 Å². The Morgan fingerprint density at radius 1 is 1.32 bits per heavy atom. The van der Waals surface area contributed by atoms with Gasteiger partial charge in [0, 0.05) is 24.8 Å². The molecule has 0 radical (unpaired) electrons. The number of primary amides is 1. The minimum Gasteiger partial charge on any atom is -0.478 e. The largest absolute Gasteiger partial charge is 0.478 e. The predicted octanol–water partition coefficient (Wildman–Crippen LogP) is 2.43. The summed E-state index contributed by atoms with van der Waals surface area (Å²) in [6, 6.07) is 9.96. The molecule has 0 aliphatic heterocycles. The van der Waals surface area contributed by atoms with Crippen LogP contribution in [0, 0.1) is 11.7 Å². The number of hydrogen-bond donors (Lipinski definition) is 2. The molecule has 2 aromatic rings. The van der Waals surface area contributed by atoms with Crippen LogP contribution in [0.1, 0.15) is 30.4 Å². The molecule has 25 heavy (non-hydrogen) atoms. The van der Waals surface area contributed by atoms with Crippen molar-refractivity contribution in [1.29, 1.82) is 0 Å². The fraction of sp³-hybridized carbons (Fsp3) is 0.368. The predicted molar refractivity (Wildman–Crippen MR) is 92.6 cm³/mol. The minimum atomic E-state index is -0.255. The van der Waals surface area contributed by atoms with Crippen molar-refractivity contribution in [2.75, 3.05) is 13.2 Å². The van der Waals surface area contributed by atoms with Gasteiger partial charge in [-0.2, -0.15) is 0 Å². The van der Waals surface area contributed by atoms with E-state index in [-0.39, 0.29) is 30.2 Å². The number of aliphatic hydroxyl groups excluding tert-OH is 1. The number of carbonyl (C=O) groups excluding carboxylic acids is 1. The van der Waals surface area contributed by atoms with Gasteiger partial charge >= 0.3 is 0 Å². The second kappa shape index (κ2) is 9.13. The molecular weight excluding hydrogens is 323 g/mol. The molecule has 2 atom stereocenters. The lowest BCUT2D eigenvalue weighted by atomic mass is 10.1. The zero-order valence-electron chi connectivity index (χ0n) is 14.2. The SMILES string of the molecule is CCOc1ccc(CCO)cn1.NC(=O)C1C[C@@H]1c1ccc(F)cc1. The summed E-state index contributed by atoms with van der Waals surface area (Å²) in [7, 11) is 0. The van der Waals surface area contributed by atoms with Crippen LogP contribution in [0.3, 0.4) is 0 Å². The van der Waals surface area contributed by atoms with Crippen LogP contribution in [0.2, 0.25) is 0 Å². The van der Waals surface area contributed by atoms with Crippen LogP contribution in [0.15, 0.2) is 42.6 Å². The zero-order chi connectivity index (χ0) is 18.2. The Morgan fingerprint density at radius 2 is 2.04 bits per heavy atom. The highest BCUT2D eigenvalue weighted by Gasteiger charge is 2.42. The number of hydrogen-bond acceptors (Lipinski definition) is 4. The molecule has 1 aliphatic carbocycles. The lowest BCUT2D eigenvalue weighted by Crippen LogP contribution is -2.13. The van der Waals surface area contributed by atoms with Gasteiger partial charge in [-0.3, -0.25) is 4.79 Å². The number of amides is 1. The van der Waals surface area contributed by atoms with Crippen LogP contribution in [-0.2, 0) is 11.2 Å². The van der Waals surface area contributed by atoms with Crippen LogP contribution in [-0.4, -0.2) is 29.2 Å². The number of aliphatic hydroxyl groups is 1. The summed E-state index contributed by atoms with van der Waals surface area (Å²) in [5, 5.41) is 8.63. The smallest absolute Gasteiger partial charge is 0.221 e. The number of rotatable bonds is 6. The maximum atomic E-state index is 12.5. The first-order chi connectivity index (χ1) is 12.0. The third-order valence-corrected chi connectivity index (χ3v) is 3.94. The van der Waals surface area contributed by atoms with Gasteiger partial charge in [0.2, 0.25) is 11.8 Å². The Labute approximate surface area is 146 Å². The third kappa shape index (κ3) is 5.83. The quantitative estimate of drug-likeness (QED) is 0.841. The van der Waals surface area contributed by atoms with Gasteiger partial charge in [0.05, 0.1) is 6.61 Å². The van der Waals surface area contributed by atoms with Crippen molar-refractivity contribution in [2.24, 2.45) is 11.7 Å². The Balaban J connectivity index is 0.000000181. The molecule has 0 spiro atoms. The summed E-state index contributed by atoms with van der Waals surface area (Å²) in [5.74, 6) is 0.317. The first kappa shape index (κ1) is 18.9. The fourth-order valence-electron chi connectivity index (χ4n) is 2.51. The first-order valence-electron chi connectivity index (χ1n) is 8.28. The van der Waals surface area contributed by atoms with Crippen molar-refractivity contribution >= 4 is 5.91 Å². The van der Waals surface area contributed by atoms with Gasteiger partial charge in [0.25, 0.3) is 0 Å². The average molecular weight is 346 g/mol. The first-order valence-corrected chi connectivity index (χ1v) is 8.28. The van der Waals surface area contributed by atoms with Crippen LogP contribution < -0.4 is 10.5 Å². The van der Waals surface area contributed by atoms with Crippen molar-refractivity contribution in [1.82, 2.24) is 4.98 Å². The van der Waals surface area contributed by atoms with E-state index in [4.69, 9.17) is 15.6 Å². The van der Waals surface area contributed by atoms with E-state index in [0.29, 0.717) is 18.9 Å². The lowest BCUT2D eigenvalue weighted by molar-refractivity contribution is -0.119. The van der Waals surface area contributed by atoms with E-state index in [1.165, 1.54) is 12.1 Å². The van der Waals surface area contributed by atoms with Crippen LogP contribution in [0.25, 0.3) is 0 Å². The maximum absolute atomic E-state index is 12.5. The molecule has 3 rings (SSSR count). The van der Waals surface area contributed by atoms with Crippen molar-refractivity contribution in [3.63, 3.8) is 0 Å². The fourth-order valence-corrected chi connectivity index (χ4v) is 2.51. The standard InChI is InChI=1S/C10H10FNO.C9H13NO2/c11-7-3-1-6(2-4-7)8-5-9(8)10(12)13;1-2-12-9-4-3-8(5-6-11)7-10-9/h1-4,8-9H,5H2,(H2,12,13);3-4,7,11H,2,5-6H2,1H3/t8-,9?;/m1./s1. The average Bonchev–Trinajstić information content (AvgIpc) is 3.39. The molecule has 1 saturated carbocycles. The Bertz CT molecular complexity index is 649. The number of nitrogens with zero attached hydrogens (tertiary/aromatic N) is 1. The number of halogens is 1. The summed E-state index contributed by atoms with van der Waals surface area (Å²) >= 11 is 0. The van der Waals surface area contributed by atoms with Gasteiger partial charge in [-0.15, -0.1) is 0 Å². The number of nitrogens with two attached hydrogens (primary N) is 1. The summed E-state index contributed by atoms with van der Waals surface area (Å²) in [4.78, 5) is 14.8. The molecule has 0 bridgehead atoms. The van der Waals surface area contributed by atoms with E-state index in [2.05, 4.69) is 4.98 Å². The zero-order valence-corrected chi connectivity index (χ0v) is 14.2. The molecule has 1 amide bonds. The summed E-state index contributed by atoms with van der Waals surface area (Å²) < 4.78 is 17.7. The topological polar surface area (TPSA) is 85.4 Å². The van der Waals surface area contributed by atoms with Crippen molar-refractivity contribution in [3.8, 4) is 5.88 Å². The number of pyridine rings is 1. The van der Waals surface area contributed by atoms with Gasteiger partial charge < -0.3 is 15.6 Å². The van der Waals surface area contributed by atoms with E-state index in [1.807, 2.05) is 19.1 Å². The molecule has 5 nitrogen and oxygen atoms in total. The van der Waals surface area contributed by atoms with Crippen molar-refractivity contribution in [3.05, 3.63) is 59.5 Å². The second-order valence-electron chi connectivity index (χ2n) is 5.81. The molecule has 1 aromatic heterocycles. The summed E-state index contributed by atoms with van der Waals surface area (Å²) in [5.41, 5.74) is 7.18. The molecular formula is C19H23FN2O3. The van der Waals surface area contributed by atoms with E-state index in [1.54, 1.807) is 18.3 Å². The Hall–Kier alpha value is -2.47. The Morgan fingerprint density at radius 3 is 2.52 bits per heavy atom. The molecule has 0 saturated heterocycles. The van der Waals surface area contributed by atoms with Crippen LogP contribution >= 0.6 is 0 Å². The molecule has 3 N–H and O–H groups in total. The highest BCUT2D eigenvalue weighted by molar-refractivity contribution is 5.81. The summed E-state index contributed by atoms with van der Waals surface area (Å²) in [6.07, 6.45) is 3.18. The molecule has 6 heteroatoms. The molecule has 1 aromatic carbocycles. The number of carbonyl (C=O) groups is 1. The second-order valence-corrected chi connectivity index (χ2v) is 5.81. The maximum Gasteiger partial charge on any atom is 0.221 e.